The normalized spacial score (nSPS) is 27.2. The van der Waals surface area contributed by atoms with Crippen molar-refractivity contribution < 1.29 is 18.3 Å². The molecule has 1 spiro atoms. The van der Waals surface area contributed by atoms with Gasteiger partial charge < -0.3 is 18.8 Å². The molecule has 172 valence electrons. The van der Waals surface area contributed by atoms with Gasteiger partial charge >= 0.3 is 0 Å². The maximum absolute atomic E-state index is 14.2. The van der Waals surface area contributed by atoms with Crippen LogP contribution in [0.1, 0.15) is 55.1 Å². The summed E-state index contributed by atoms with van der Waals surface area (Å²) in [5.41, 5.74) is 2.56. The van der Waals surface area contributed by atoms with Crippen LogP contribution in [0.2, 0.25) is 0 Å². The second-order valence-corrected chi connectivity index (χ2v) is 9.99. The van der Waals surface area contributed by atoms with Crippen LogP contribution in [0.5, 0.6) is 0 Å². The van der Waals surface area contributed by atoms with E-state index in [1.165, 1.54) is 11.1 Å². The molecule has 0 bridgehead atoms. The topological polar surface area (TPSA) is 51.0 Å². The van der Waals surface area contributed by atoms with Gasteiger partial charge in [0.1, 0.15) is 17.7 Å². The Bertz CT molecular complexity index is 917. The summed E-state index contributed by atoms with van der Waals surface area (Å²) in [6.45, 7) is 6.27. The van der Waals surface area contributed by atoms with Crippen molar-refractivity contribution in [1.29, 1.82) is 0 Å². The number of aromatic nitrogens is 1. The van der Waals surface area contributed by atoms with E-state index in [2.05, 4.69) is 14.8 Å². The standard InChI is InChI=1S/C25H32FN3O3/c26-20-1-2-22(19-5-10-30-11-6-19)23(13-20)18-3-8-28(9-4-18)21-14-25(32-15-21)16-29(17-25)24-27-7-12-31-24/h1-2,7,12-13,18-19,21H,3-6,8-11,14-17H2/t21-/m0/s1. The number of nitrogens with zero attached hydrogens (tertiary/aromatic N) is 3. The zero-order chi connectivity index (χ0) is 21.5. The molecule has 0 saturated carbocycles. The summed E-state index contributed by atoms with van der Waals surface area (Å²) in [5.74, 6) is 0.843. The summed E-state index contributed by atoms with van der Waals surface area (Å²) in [6.07, 6.45) is 8.65. The van der Waals surface area contributed by atoms with Gasteiger partial charge in [0.25, 0.3) is 6.01 Å². The van der Waals surface area contributed by atoms with Crippen LogP contribution in [0.15, 0.2) is 35.1 Å². The summed E-state index contributed by atoms with van der Waals surface area (Å²) < 4.78 is 31.4. The zero-order valence-corrected chi connectivity index (χ0v) is 18.5. The first-order chi connectivity index (χ1) is 15.7. The lowest BCUT2D eigenvalue weighted by Gasteiger charge is -2.46. The Morgan fingerprint density at radius 1 is 1.00 bits per heavy atom. The molecule has 4 saturated heterocycles. The van der Waals surface area contributed by atoms with Crippen molar-refractivity contribution in [3.8, 4) is 0 Å². The molecule has 5 heterocycles. The molecule has 0 radical (unpaired) electrons. The largest absolute Gasteiger partial charge is 0.432 e. The predicted molar refractivity (Wildman–Crippen MR) is 119 cm³/mol. The molecule has 1 atom stereocenters. The monoisotopic (exact) mass is 441 g/mol. The van der Waals surface area contributed by atoms with Crippen LogP contribution >= 0.6 is 0 Å². The van der Waals surface area contributed by atoms with Crippen molar-refractivity contribution in [2.45, 2.75) is 55.6 Å². The van der Waals surface area contributed by atoms with Crippen molar-refractivity contribution in [2.75, 3.05) is 50.9 Å². The smallest absolute Gasteiger partial charge is 0.297 e. The minimum atomic E-state index is -0.107. The van der Waals surface area contributed by atoms with Gasteiger partial charge in [-0.1, -0.05) is 6.07 Å². The average Bonchev–Trinajstić information content (AvgIpc) is 3.49. The molecule has 4 aliphatic rings. The molecule has 0 unspecified atom stereocenters. The summed E-state index contributed by atoms with van der Waals surface area (Å²) in [7, 11) is 0. The van der Waals surface area contributed by atoms with Crippen molar-refractivity contribution >= 4 is 6.01 Å². The van der Waals surface area contributed by atoms with Gasteiger partial charge in [0.2, 0.25) is 0 Å². The number of rotatable bonds is 4. The quantitative estimate of drug-likeness (QED) is 0.717. The average molecular weight is 442 g/mol. The van der Waals surface area contributed by atoms with Gasteiger partial charge in [-0.05, 0) is 80.3 Å². The van der Waals surface area contributed by atoms with Crippen LogP contribution in [0.4, 0.5) is 10.4 Å². The summed E-state index contributed by atoms with van der Waals surface area (Å²) >= 11 is 0. The summed E-state index contributed by atoms with van der Waals surface area (Å²) in [6, 6.07) is 6.66. The van der Waals surface area contributed by atoms with Crippen LogP contribution in [-0.4, -0.2) is 67.5 Å². The van der Waals surface area contributed by atoms with E-state index in [0.717, 1.165) is 78.1 Å². The fourth-order valence-electron chi connectivity index (χ4n) is 6.29. The van der Waals surface area contributed by atoms with Gasteiger partial charge in [0.05, 0.1) is 25.9 Å². The van der Waals surface area contributed by atoms with Crippen LogP contribution in [0.3, 0.4) is 0 Å². The third kappa shape index (κ3) is 3.84. The van der Waals surface area contributed by atoms with Crippen molar-refractivity contribution in [1.82, 2.24) is 9.88 Å². The van der Waals surface area contributed by atoms with Crippen LogP contribution in [0.25, 0.3) is 0 Å². The van der Waals surface area contributed by atoms with Crippen molar-refractivity contribution in [3.05, 3.63) is 47.6 Å². The highest BCUT2D eigenvalue weighted by atomic mass is 19.1. The molecule has 6 nitrogen and oxygen atoms in total. The molecule has 1 aromatic carbocycles. The Labute approximate surface area is 188 Å². The molecule has 6 rings (SSSR count). The van der Waals surface area contributed by atoms with E-state index in [1.807, 2.05) is 12.1 Å². The lowest BCUT2D eigenvalue weighted by molar-refractivity contribution is -0.0215. The lowest BCUT2D eigenvalue weighted by Crippen LogP contribution is -2.62. The number of benzene rings is 1. The molecule has 0 N–H and O–H groups in total. The Kier molecular flexibility index (Phi) is 5.44. The Balaban J connectivity index is 1.07. The summed E-state index contributed by atoms with van der Waals surface area (Å²) in [4.78, 5) is 9.00. The second-order valence-electron chi connectivity index (χ2n) is 9.99. The van der Waals surface area contributed by atoms with Crippen molar-refractivity contribution in [2.24, 2.45) is 0 Å². The molecule has 4 aliphatic heterocycles. The summed E-state index contributed by atoms with van der Waals surface area (Å²) in [5, 5.41) is 0. The van der Waals surface area contributed by atoms with Crippen LogP contribution in [0, 0.1) is 5.82 Å². The Morgan fingerprint density at radius 3 is 2.53 bits per heavy atom. The third-order valence-electron chi connectivity index (χ3n) is 8.03. The first-order valence-electron chi connectivity index (χ1n) is 12.1. The maximum Gasteiger partial charge on any atom is 0.297 e. The highest BCUT2D eigenvalue weighted by molar-refractivity contribution is 5.36. The highest BCUT2D eigenvalue weighted by Gasteiger charge is 2.52. The van der Waals surface area contributed by atoms with E-state index in [0.29, 0.717) is 23.9 Å². The molecular weight excluding hydrogens is 409 g/mol. The number of hydrogen-bond acceptors (Lipinski definition) is 6. The van der Waals surface area contributed by atoms with E-state index in [9.17, 15) is 4.39 Å². The second kappa shape index (κ2) is 8.43. The Morgan fingerprint density at radius 2 is 1.78 bits per heavy atom. The van der Waals surface area contributed by atoms with Gasteiger partial charge in [-0.25, -0.2) is 9.37 Å². The maximum atomic E-state index is 14.2. The first kappa shape index (κ1) is 20.6. The molecular formula is C25H32FN3O3. The fourth-order valence-corrected chi connectivity index (χ4v) is 6.29. The van der Waals surface area contributed by atoms with Gasteiger partial charge in [-0.15, -0.1) is 0 Å². The van der Waals surface area contributed by atoms with Gasteiger partial charge in [-0.2, -0.15) is 0 Å². The van der Waals surface area contributed by atoms with Gasteiger partial charge in [-0.3, -0.25) is 4.90 Å². The number of anilines is 1. The Hall–Kier alpha value is -1.96. The minimum Gasteiger partial charge on any atom is -0.432 e. The van der Waals surface area contributed by atoms with Crippen molar-refractivity contribution in [3.63, 3.8) is 0 Å². The molecule has 7 heteroatoms. The molecule has 4 fully saturated rings. The molecule has 2 aromatic rings. The highest BCUT2D eigenvalue weighted by Crippen LogP contribution is 2.41. The molecule has 0 aliphatic carbocycles. The van der Waals surface area contributed by atoms with E-state index in [1.54, 1.807) is 18.5 Å². The number of hydrogen-bond donors (Lipinski definition) is 0. The SMILES string of the molecule is Fc1ccc(C2CCOCC2)c(C2CCN([C@@H]3COC4(C3)CN(c3ncco3)C4)CC2)c1. The number of piperidine rings is 1. The molecule has 0 amide bonds. The van der Waals surface area contributed by atoms with Crippen LogP contribution < -0.4 is 4.90 Å². The van der Waals surface area contributed by atoms with E-state index < -0.39 is 0 Å². The number of oxazole rings is 1. The predicted octanol–water partition coefficient (Wildman–Crippen LogP) is 3.94. The number of ether oxygens (including phenoxy) is 2. The van der Waals surface area contributed by atoms with Gasteiger partial charge in [0.15, 0.2) is 0 Å². The van der Waals surface area contributed by atoms with Gasteiger partial charge in [0, 0.05) is 19.3 Å². The van der Waals surface area contributed by atoms with E-state index >= 15 is 0 Å². The fraction of sp³-hybridized carbons (Fsp3) is 0.640. The minimum absolute atomic E-state index is 0.0469. The van der Waals surface area contributed by atoms with Crippen LogP contribution in [-0.2, 0) is 9.47 Å². The lowest BCUT2D eigenvalue weighted by atomic mass is 9.80. The number of halogens is 1. The zero-order valence-electron chi connectivity index (χ0n) is 18.5. The van der Waals surface area contributed by atoms with E-state index in [4.69, 9.17) is 13.9 Å². The van der Waals surface area contributed by atoms with E-state index in [-0.39, 0.29) is 11.4 Å². The third-order valence-corrected chi connectivity index (χ3v) is 8.03. The first-order valence-corrected chi connectivity index (χ1v) is 12.1. The number of likely N-dealkylation sites (tertiary alicyclic amines) is 1. The molecule has 32 heavy (non-hydrogen) atoms. The molecule has 1 aromatic heterocycles.